The van der Waals surface area contributed by atoms with Crippen molar-refractivity contribution < 1.29 is 9.13 Å². The van der Waals surface area contributed by atoms with Crippen molar-refractivity contribution >= 4 is 0 Å². The van der Waals surface area contributed by atoms with Crippen LogP contribution in [0.4, 0.5) is 4.39 Å². The summed E-state index contributed by atoms with van der Waals surface area (Å²) in [5.74, 6) is 0. The third-order valence-corrected chi connectivity index (χ3v) is 2.03. The lowest BCUT2D eigenvalue weighted by molar-refractivity contribution is 0.0756. The van der Waals surface area contributed by atoms with Crippen LogP contribution in [-0.4, -0.2) is 13.3 Å². The Morgan fingerprint density at radius 3 is 3.08 bits per heavy atom. The van der Waals surface area contributed by atoms with Crippen molar-refractivity contribution in [3.05, 3.63) is 47.5 Å². The summed E-state index contributed by atoms with van der Waals surface area (Å²) in [5, 5.41) is 0. The monoisotopic (exact) mass is 177 g/mol. The van der Waals surface area contributed by atoms with Gasteiger partial charge in [0, 0.05) is 0 Å². The number of fused-ring (bicyclic) bond motifs is 1. The molecule has 1 aromatic rings. The molecule has 1 nitrogen and oxygen atoms in total. The Morgan fingerprint density at radius 1 is 1.38 bits per heavy atom. The van der Waals surface area contributed by atoms with Crippen molar-refractivity contribution in [3.63, 3.8) is 0 Å². The van der Waals surface area contributed by atoms with Gasteiger partial charge in [0.05, 0.1) is 6.61 Å². The molecular weight excluding hydrogens is 167 g/mol. The fourth-order valence-electron chi connectivity index (χ4n) is 1.44. The maximum atomic E-state index is 11.9. The molecule has 1 unspecified atom stereocenters. The molecule has 2 heteroatoms. The fourth-order valence-corrected chi connectivity index (χ4v) is 1.44. The van der Waals surface area contributed by atoms with Gasteiger partial charge in [-0.05, 0) is 23.3 Å². The van der Waals surface area contributed by atoms with Gasteiger partial charge in [-0.15, -0.1) is 0 Å². The molecule has 1 aliphatic rings. The minimum Gasteiger partial charge on any atom is -0.367 e. The van der Waals surface area contributed by atoms with E-state index in [0.717, 1.165) is 11.1 Å². The highest BCUT2D eigenvalue weighted by atomic mass is 19.1. The summed E-state index contributed by atoms with van der Waals surface area (Å²) in [6, 6.07) is 7.86. The number of halogens is 1. The highest BCUT2D eigenvalue weighted by Gasteiger charge is 2.16. The second-order valence-electron chi connectivity index (χ2n) is 2.88. The summed E-state index contributed by atoms with van der Waals surface area (Å²) in [7, 11) is 0. The van der Waals surface area contributed by atoms with Gasteiger partial charge in [-0.25, -0.2) is 4.39 Å². The van der Waals surface area contributed by atoms with Crippen LogP contribution in [0, 0.1) is 6.08 Å². The average molecular weight is 177 g/mol. The van der Waals surface area contributed by atoms with Crippen LogP contribution in [0.2, 0.25) is 0 Å². The second-order valence-corrected chi connectivity index (χ2v) is 2.88. The Bertz CT molecular complexity index is 320. The number of rotatable bonds is 3. The van der Waals surface area contributed by atoms with Gasteiger partial charge in [-0.3, -0.25) is 0 Å². The summed E-state index contributed by atoms with van der Waals surface area (Å²) in [6.07, 6.45) is 4.82. The molecule has 67 valence electrons. The zero-order valence-electron chi connectivity index (χ0n) is 7.16. The van der Waals surface area contributed by atoms with E-state index < -0.39 is 6.67 Å². The van der Waals surface area contributed by atoms with Crippen molar-refractivity contribution in [2.45, 2.75) is 6.10 Å². The SMILES string of the molecule is FCCOC1C=[C]c2ccccc21. The van der Waals surface area contributed by atoms with E-state index in [1.807, 2.05) is 30.3 Å². The molecule has 1 aromatic carbocycles. The predicted molar refractivity (Wildman–Crippen MR) is 48.0 cm³/mol. The Labute approximate surface area is 76.8 Å². The highest BCUT2D eigenvalue weighted by molar-refractivity contribution is 5.40. The van der Waals surface area contributed by atoms with Crippen LogP contribution in [0.1, 0.15) is 17.2 Å². The summed E-state index contributed by atoms with van der Waals surface area (Å²) in [6.45, 7) is -0.288. The smallest absolute Gasteiger partial charge is 0.113 e. The zero-order valence-corrected chi connectivity index (χ0v) is 7.16. The van der Waals surface area contributed by atoms with Gasteiger partial charge in [0.1, 0.15) is 12.8 Å². The van der Waals surface area contributed by atoms with E-state index in [4.69, 9.17) is 4.74 Å². The normalized spacial score (nSPS) is 19.0. The molecule has 1 atom stereocenters. The lowest BCUT2D eigenvalue weighted by atomic mass is 10.1. The van der Waals surface area contributed by atoms with Crippen LogP contribution in [0.3, 0.4) is 0 Å². The molecular formula is C11H10FO. The van der Waals surface area contributed by atoms with E-state index in [9.17, 15) is 4.39 Å². The van der Waals surface area contributed by atoms with Gasteiger partial charge >= 0.3 is 0 Å². The molecule has 2 rings (SSSR count). The maximum absolute atomic E-state index is 11.9. The lowest BCUT2D eigenvalue weighted by Gasteiger charge is -2.10. The largest absolute Gasteiger partial charge is 0.367 e. The molecule has 0 aromatic heterocycles. The standard InChI is InChI=1S/C11H10FO/c12-7-8-13-11-6-5-9-3-1-2-4-10(9)11/h1-4,6,11H,7-8H2. The van der Waals surface area contributed by atoms with Crippen molar-refractivity contribution in [2.24, 2.45) is 0 Å². The zero-order chi connectivity index (χ0) is 9.10. The quantitative estimate of drug-likeness (QED) is 0.689. The van der Waals surface area contributed by atoms with Gasteiger partial charge in [-0.1, -0.05) is 24.3 Å². The van der Waals surface area contributed by atoms with Crippen molar-refractivity contribution in [1.29, 1.82) is 0 Å². The van der Waals surface area contributed by atoms with Gasteiger partial charge in [0.2, 0.25) is 0 Å². The molecule has 0 N–H and O–H groups in total. The number of hydrogen-bond donors (Lipinski definition) is 0. The minimum atomic E-state index is -0.438. The molecule has 1 aliphatic carbocycles. The molecule has 13 heavy (non-hydrogen) atoms. The lowest BCUT2D eigenvalue weighted by Crippen LogP contribution is -2.02. The summed E-state index contributed by atoms with van der Waals surface area (Å²) in [4.78, 5) is 0. The summed E-state index contributed by atoms with van der Waals surface area (Å²) >= 11 is 0. The number of alkyl halides is 1. The van der Waals surface area contributed by atoms with Crippen molar-refractivity contribution in [2.75, 3.05) is 13.3 Å². The Hall–Kier alpha value is -1.15. The van der Waals surface area contributed by atoms with E-state index in [1.165, 1.54) is 0 Å². The number of hydrogen-bond acceptors (Lipinski definition) is 1. The van der Waals surface area contributed by atoms with E-state index in [0.29, 0.717) is 0 Å². The molecule has 1 radical (unpaired) electrons. The highest BCUT2D eigenvalue weighted by Crippen LogP contribution is 2.28. The van der Waals surface area contributed by atoms with Crippen LogP contribution in [-0.2, 0) is 4.74 Å². The third kappa shape index (κ3) is 1.63. The maximum Gasteiger partial charge on any atom is 0.113 e. The van der Waals surface area contributed by atoms with Crippen LogP contribution in [0.5, 0.6) is 0 Å². The van der Waals surface area contributed by atoms with E-state index in [1.54, 1.807) is 0 Å². The Kier molecular flexibility index (Phi) is 2.41. The molecule has 0 bridgehead atoms. The summed E-state index contributed by atoms with van der Waals surface area (Å²) < 4.78 is 17.1. The molecule has 0 amide bonds. The topological polar surface area (TPSA) is 9.23 Å². The van der Waals surface area contributed by atoms with Crippen molar-refractivity contribution in [1.82, 2.24) is 0 Å². The van der Waals surface area contributed by atoms with Gasteiger partial charge in [-0.2, -0.15) is 0 Å². The van der Waals surface area contributed by atoms with E-state index in [2.05, 4.69) is 6.08 Å². The van der Waals surface area contributed by atoms with Gasteiger partial charge in [0.15, 0.2) is 0 Å². The molecule has 0 saturated carbocycles. The number of benzene rings is 1. The summed E-state index contributed by atoms with van der Waals surface area (Å²) in [5.41, 5.74) is 2.13. The van der Waals surface area contributed by atoms with Crippen LogP contribution >= 0.6 is 0 Å². The molecule has 0 fully saturated rings. The molecule has 0 spiro atoms. The van der Waals surface area contributed by atoms with Gasteiger partial charge < -0.3 is 4.74 Å². The first kappa shape index (κ1) is 8.45. The number of ether oxygens (including phenoxy) is 1. The Balaban J connectivity index is 2.14. The predicted octanol–water partition coefficient (Wildman–Crippen LogP) is 2.43. The Morgan fingerprint density at radius 2 is 2.23 bits per heavy atom. The third-order valence-electron chi connectivity index (χ3n) is 2.03. The first-order valence-electron chi connectivity index (χ1n) is 4.28. The minimum absolute atomic E-state index is 0.105. The van der Waals surface area contributed by atoms with Gasteiger partial charge in [0.25, 0.3) is 0 Å². The molecule has 0 saturated heterocycles. The van der Waals surface area contributed by atoms with Crippen LogP contribution in [0.25, 0.3) is 0 Å². The average Bonchev–Trinajstić information content (AvgIpc) is 2.58. The first-order valence-corrected chi connectivity index (χ1v) is 4.28. The first-order chi connectivity index (χ1) is 6.42. The fraction of sp³-hybridized carbons (Fsp3) is 0.273. The molecule has 0 heterocycles. The van der Waals surface area contributed by atoms with Crippen LogP contribution in [0.15, 0.2) is 30.3 Å². The van der Waals surface area contributed by atoms with E-state index in [-0.39, 0.29) is 12.7 Å². The van der Waals surface area contributed by atoms with Crippen molar-refractivity contribution in [3.8, 4) is 0 Å². The van der Waals surface area contributed by atoms with E-state index >= 15 is 0 Å². The molecule has 0 aliphatic heterocycles. The second kappa shape index (κ2) is 3.71. The van der Waals surface area contributed by atoms with Crippen LogP contribution < -0.4 is 0 Å².